The van der Waals surface area contributed by atoms with Gasteiger partial charge >= 0.3 is 0 Å². The molecule has 7 nitrogen and oxygen atoms in total. The normalized spacial score (nSPS) is 14.1. The fraction of sp³-hybridized carbons (Fsp3) is 0.231. The molecule has 2 aromatic carbocycles. The number of nitrogens with one attached hydrogen (secondary N) is 2. The first kappa shape index (κ1) is 23.0. The molecule has 9 heteroatoms. The zero-order valence-corrected chi connectivity index (χ0v) is 19.9. The van der Waals surface area contributed by atoms with Crippen LogP contribution in [0.5, 0.6) is 0 Å². The number of nitrogens with zero attached hydrogens (tertiary/aromatic N) is 1. The summed E-state index contributed by atoms with van der Waals surface area (Å²) in [6.07, 6.45) is 3.25. The van der Waals surface area contributed by atoms with Gasteiger partial charge in [0.25, 0.3) is 11.5 Å². The monoisotopic (exact) mass is 493 g/mol. The van der Waals surface area contributed by atoms with E-state index in [9.17, 15) is 22.4 Å². The lowest BCUT2D eigenvalue weighted by Gasteiger charge is -2.25. The van der Waals surface area contributed by atoms with Gasteiger partial charge in [-0.05, 0) is 50.1 Å². The van der Waals surface area contributed by atoms with Crippen molar-refractivity contribution in [1.29, 1.82) is 0 Å². The Kier molecular flexibility index (Phi) is 5.80. The number of sulfonamides is 1. The number of aryl methyl sites for hydroxylation is 1. The SMILES string of the molecule is Cc1ccc2c(c1)c(-c1ccc[nH]c1=O)c(C(=O)NS(=O)(=O)C1CCC1)n2Cc1ccccc1F. The molecule has 0 spiro atoms. The predicted octanol–water partition coefficient (Wildman–Crippen LogP) is 4.10. The van der Waals surface area contributed by atoms with Crippen LogP contribution in [-0.4, -0.2) is 29.1 Å². The van der Waals surface area contributed by atoms with E-state index in [0.717, 1.165) is 12.0 Å². The second-order valence-corrected chi connectivity index (χ2v) is 10.8. The first-order valence-corrected chi connectivity index (χ1v) is 12.9. The van der Waals surface area contributed by atoms with E-state index in [1.807, 2.05) is 19.1 Å². The van der Waals surface area contributed by atoms with Gasteiger partial charge in [0.15, 0.2) is 0 Å². The molecular formula is C26H24FN3O4S. The van der Waals surface area contributed by atoms with Gasteiger partial charge in [0.1, 0.15) is 11.5 Å². The molecule has 0 bridgehead atoms. The largest absolute Gasteiger partial charge is 0.331 e. The lowest BCUT2D eigenvalue weighted by atomic mass is 10.0. The van der Waals surface area contributed by atoms with Gasteiger partial charge < -0.3 is 9.55 Å². The minimum Gasteiger partial charge on any atom is -0.331 e. The summed E-state index contributed by atoms with van der Waals surface area (Å²) in [7, 11) is -3.90. The third-order valence-corrected chi connectivity index (χ3v) is 8.35. The number of aromatic nitrogens is 2. The molecule has 2 aromatic heterocycles. The van der Waals surface area contributed by atoms with Gasteiger partial charge in [0, 0.05) is 33.8 Å². The average Bonchev–Trinajstić information content (AvgIpc) is 3.07. The molecular weight excluding hydrogens is 469 g/mol. The van der Waals surface area contributed by atoms with Crippen LogP contribution in [0.3, 0.4) is 0 Å². The van der Waals surface area contributed by atoms with Crippen molar-refractivity contribution in [2.24, 2.45) is 0 Å². The van der Waals surface area contributed by atoms with E-state index in [0.29, 0.717) is 34.9 Å². The summed E-state index contributed by atoms with van der Waals surface area (Å²) in [5.41, 5.74) is 1.91. The zero-order valence-electron chi connectivity index (χ0n) is 19.0. The molecule has 0 unspecified atom stereocenters. The first-order chi connectivity index (χ1) is 16.8. The number of H-pyrrole nitrogens is 1. The summed E-state index contributed by atoms with van der Waals surface area (Å²) < 4.78 is 44.1. The maximum atomic E-state index is 14.6. The van der Waals surface area contributed by atoms with Crippen LogP contribution in [0.15, 0.2) is 65.6 Å². The minimum absolute atomic E-state index is 0.00606. The number of amides is 1. The Balaban J connectivity index is 1.78. The summed E-state index contributed by atoms with van der Waals surface area (Å²) in [6, 6.07) is 14.9. The van der Waals surface area contributed by atoms with Crippen molar-refractivity contribution in [3.63, 3.8) is 0 Å². The van der Waals surface area contributed by atoms with Crippen LogP contribution in [0.1, 0.15) is 40.9 Å². The quantitative estimate of drug-likeness (QED) is 0.422. The second-order valence-electron chi connectivity index (χ2n) is 8.86. The molecule has 2 N–H and O–H groups in total. The zero-order chi connectivity index (χ0) is 24.7. The number of aromatic amines is 1. The van der Waals surface area contributed by atoms with Crippen molar-refractivity contribution in [2.75, 3.05) is 0 Å². The van der Waals surface area contributed by atoms with E-state index >= 15 is 0 Å². The van der Waals surface area contributed by atoms with E-state index in [2.05, 4.69) is 9.71 Å². The van der Waals surface area contributed by atoms with Crippen LogP contribution in [-0.2, 0) is 16.6 Å². The van der Waals surface area contributed by atoms with Crippen LogP contribution in [0.4, 0.5) is 4.39 Å². The number of fused-ring (bicyclic) bond motifs is 1. The third kappa shape index (κ3) is 4.16. The number of rotatable bonds is 6. The summed E-state index contributed by atoms with van der Waals surface area (Å²) >= 11 is 0. The molecule has 1 amide bonds. The van der Waals surface area contributed by atoms with Crippen molar-refractivity contribution < 1.29 is 17.6 Å². The van der Waals surface area contributed by atoms with E-state index in [-0.39, 0.29) is 17.8 Å². The molecule has 4 aromatic rings. The maximum Gasteiger partial charge on any atom is 0.282 e. The number of benzene rings is 2. The van der Waals surface area contributed by atoms with Gasteiger partial charge in [-0.25, -0.2) is 17.5 Å². The number of halogens is 1. The van der Waals surface area contributed by atoms with E-state index in [1.54, 1.807) is 41.0 Å². The molecule has 35 heavy (non-hydrogen) atoms. The number of pyridine rings is 1. The number of carbonyl (C=O) groups excluding carboxylic acids is 1. The van der Waals surface area contributed by atoms with Crippen molar-refractivity contribution in [2.45, 2.75) is 38.0 Å². The molecule has 180 valence electrons. The van der Waals surface area contributed by atoms with Crippen molar-refractivity contribution in [3.8, 4) is 11.1 Å². The lowest BCUT2D eigenvalue weighted by molar-refractivity contribution is 0.0973. The Hall–Kier alpha value is -3.72. The van der Waals surface area contributed by atoms with Crippen molar-refractivity contribution in [1.82, 2.24) is 14.3 Å². The summed E-state index contributed by atoms with van der Waals surface area (Å²) in [5, 5.41) is -0.0223. The Morgan fingerprint density at radius 1 is 1.14 bits per heavy atom. The molecule has 1 aliphatic rings. The highest BCUT2D eigenvalue weighted by Gasteiger charge is 2.35. The van der Waals surface area contributed by atoms with Crippen molar-refractivity contribution >= 4 is 26.8 Å². The highest BCUT2D eigenvalue weighted by Crippen LogP contribution is 2.35. The van der Waals surface area contributed by atoms with E-state index in [1.165, 1.54) is 12.3 Å². The molecule has 5 rings (SSSR count). The number of hydrogen-bond acceptors (Lipinski definition) is 4. The van der Waals surface area contributed by atoms with Crippen LogP contribution in [0, 0.1) is 12.7 Å². The second kappa shape index (κ2) is 8.81. The third-order valence-electron chi connectivity index (χ3n) is 6.53. The van der Waals surface area contributed by atoms with Gasteiger partial charge in [-0.15, -0.1) is 0 Å². The molecule has 0 saturated heterocycles. The highest BCUT2D eigenvalue weighted by atomic mass is 32.2. The van der Waals surface area contributed by atoms with Gasteiger partial charge in [-0.3, -0.25) is 9.59 Å². The Bertz CT molecular complexity index is 1620. The molecule has 1 saturated carbocycles. The van der Waals surface area contributed by atoms with Crippen LogP contribution in [0.2, 0.25) is 0 Å². The molecule has 0 aliphatic heterocycles. The predicted molar refractivity (Wildman–Crippen MR) is 132 cm³/mol. The summed E-state index contributed by atoms with van der Waals surface area (Å²) in [5.74, 6) is -1.30. The number of hydrogen-bond donors (Lipinski definition) is 2. The minimum atomic E-state index is -3.90. The van der Waals surface area contributed by atoms with Crippen LogP contribution in [0.25, 0.3) is 22.0 Å². The molecule has 1 aliphatic carbocycles. The first-order valence-electron chi connectivity index (χ1n) is 11.4. The molecule has 0 atom stereocenters. The van der Waals surface area contributed by atoms with Gasteiger partial charge in [0.2, 0.25) is 10.0 Å². The average molecular weight is 494 g/mol. The fourth-order valence-electron chi connectivity index (χ4n) is 4.50. The smallest absolute Gasteiger partial charge is 0.282 e. The highest BCUT2D eigenvalue weighted by molar-refractivity contribution is 7.90. The lowest BCUT2D eigenvalue weighted by Crippen LogP contribution is -2.42. The molecule has 2 heterocycles. The standard InChI is InChI=1S/C26H24FN3O4S/c1-16-11-12-22-20(14-16)23(19-9-5-13-28-25(19)31)24(26(32)29-35(33,34)18-7-4-8-18)30(22)15-17-6-2-3-10-21(17)27/h2-3,5-6,9-14,18H,4,7-8,15H2,1H3,(H,28,31)(H,29,32). The van der Waals surface area contributed by atoms with Crippen LogP contribution >= 0.6 is 0 Å². The van der Waals surface area contributed by atoms with Crippen LogP contribution < -0.4 is 10.3 Å². The van der Waals surface area contributed by atoms with Gasteiger partial charge in [0.05, 0.1) is 11.8 Å². The van der Waals surface area contributed by atoms with E-state index in [4.69, 9.17) is 0 Å². The molecule has 1 fully saturated rings. The van der Waals surface area contributed by atoms with Gasteiger partial charge in [-0.2, -0.15) is 0 Å². The van der Waals surface area contributed by atoms with Crippen molar-refractivity contribution in [3.05, 3.63) is 93.8 Å². The Morgan fingerprint density at radius 3 is 2.60 bits per heavy atom. The number of carbonyl (C=O) groups is 1. The fourth-order valence-corrected chi connectivity index (χ4v) is 5.97. The Morgan fingerprint density at radius 2 is 1.91 bits per heavy atom. The summed E-state index contributed by atoms with van der Waals surface area (Å²) in [4.78, 5) is 29.1. The maximum absolute atomic E-state index is 14.6. The Labute approximate surface area is 201 Å². The van der Waals surface area contributed by atoms with E-state index < -0.39 is 32.6 Å². The van der Waals surface area contributed by atoms with Gasteiger partial charge in [-0.1, -0.05) is 36.2 Å². The summed E-state index contributed by atoms with van der Waals surface area (Å²) in [6.45, 7) is 1.86. The topological polar surface area (TPSA) is 101 Å². The molecule has 0 radical (unpaired) electrons.